The molecule has 1 aliphatic heterocycles. The monoisotopic (exact) mass is 417 g/mol. The van der Waals surface area contributed by atoms with Gasteiger partial charge in [0.2, 0.25) is 0 Å². The number of ether oxygens (including phenoxy) is 2. The number of fused-ring (bicyclic) bond motifs is 1. The lowest BCUT2D eigenvalue weighted by Crippen LogP contribution is -2.10. The Labute approximate surface area is 158 Å². The van der Waals surface area contributed by atoms with Crippen molar-refractivity contribution in [2.45, 2.75) is 6.92 Å². The highest BCUT2D eigenvalue weighted by Crippen LogP contribution is 2.36. The van der Waals surface area contributed by atoms with Crippen LogP contribution in [-0.4, -0.2) is 30.2 Å². The van der Waals surface area contributed by atoms with Crippen molar-refractivity contribution in [2.24, 2.45) is 0 Å². The van der Waals surface area contributed by atoms with Crippen LogP contribution in [0.2, 0.25) is 0 Å². The number of anilines is 1. The Kier molecular flexibility index (Phi) is 5.27. The van der Waals surface area contributed by atoms with Gasteiger partial charge in [0, 0.05) is 21.3 Å². The topological polar surface area (TPSA) is 84.9 Å². The van der Waals surface area contributed by atoms with E-state index in [1.807, 2.05) is 25.1 Å². The van der Waals surface area contributed by atoms with Crippen molar-refractivity contribution in [2.75, 3.05) is 18.5 Å². The summed E-state index contributed by atoms with van der Waals surface area (Å²) < 4.78 is 11.7. The van der Waals surface area contributed by atoms with Crippen LogP contribution < -0.4 is 14.8 Å². The molecule has 0 saturated heterocycles. The zero-order valence-corrected chi connectivity index (χ0v) is 15.5. The van der Waals surface area contributed by atoms with E-state index in [4.69, 9.17) is 14.6 Å². The summed E-state index contributed by atoms with van der Waals surface area (Å²) in [4.78, 5) is 23.0. The maximum absolute atomic E-state index is 12.3. The first-order chi connectivity index (χ1) is 12.5. The van der Waals surface area contributed by atoms with E-state index in [-0.39, 0.29) is 5.91 Å². The molecule has 0 radical (unpaired) electrons. The minimum Gasteiger partial charge on any atom is -0.490 e. The predicted molar refractivity (Wildman–Crippen MR) is 101 cm³/mol. The summed E-state index contributed by atoms with van der Waals surface area (Å²) in [6.45, 7) is 1.77. The number of hydrogen-bond acceptors (Lipinski definition) is 4. The molecular formula is C19H16BrNO5. The molecule has 2 N–H and O–H groups in total. The van der Waals surface area contributed by atoms with E-state index in [1.165, 1.54) is 0 Å². The third-order valence-electron chi connectivity index (χ3n) is 3.69. The fourth-order valence-electron chi connectivity index (χ4n) is 2.61. The average Bonchev–Trinajstić information content (AvgIpc) is 2.89. The molecule has 2 aromatic rings. The molecule has 0 saturated carbocycles. The molecule has 7 heteroatoms. The second-order valence-corrected chi connectivity index (χ2v) is 6.44. The van der Waals surface area contributed by atoms with Gasteiger partial charge in [0.1, 0.15) is 0 Å². The molecule has 0 unspecified atom stereocenters. The first kappa shape index (κ1) is 18.0. The number of carboxylic acid groups (broad SMARTS) is 1. The predicted octanol–water partition coefficient (Wildman–Crippen LogP) is 3.80. The molecule has 26 heavy (non-hydrogen) atoms. The fourth-order valence-corrected chi connectivity index (χ4v) is 2.97. The van der Waals surface area contributed by atoms with E-state index in [0.717, 1.165) is 21.3 Å². The van der Waals surface area contributed by atoms with Gasteiger partial charge >= 0.3 is 5.97 Å². The Balaban J connectivity index is 1.96. The van der Waals surface area contributed by atoms with Gasteiger partial charge in [-0.2, -0.15) is 0 Å². The van der Waals surface area contributed by atoms with Gasteiger partial charge in [0.25, 0.3) is 5.91 Å². The fraction of sp³-hybridized carbons (Fsp3) is 0.158. The van der Waals surface area contributed by atoms with Crippen molar-refractivity contribution in [3.05, 3.63) is 52.0 Å². The van der Waals surface area contributed by atoms with E-state index in [9.17, 15) is 9.59 Å². The molecule has 0 spiro atoms. The van der Waals surface area contributed by atoms with Crippen LogP contribution in [0.5, 0.6) is 11.5 Å². The molecule has 1 aliphatic rings. The lowest BCUT2D eigenvalue weighted by atomic mass is 10.0. The van der Waals surface area contributed by atoms with E-state index in [2.05, 4.69) is 21.2 Å². The summed E-state index contributed by atoms with van der Waals surface area (Å²) in [5.41, 5.74) is 2.86. The van der Waals surface area contributed by atoms with Gasteiger partial charge in [-0.25, -0.2) is 4.79 Å². The van der Waals surface area contributed by atoms with Crippen molar-refractivity contribution in [3.8, 4) is 11.5 Å². The minimum atomic E-state index is -1.07. The largest absolute Gasteiger partial charge is 0.490 e. The maximum atomic E-state index is 12.3. The summed E-state index contributed by atoms with van der Waals surface area (Å²) in [5, 5.41) is 11.6. The van der Waals surface area contributed by atoms with E-state index in [0.29, 0.717) is 23.7 Å². The molecule has 0 aromatic heterocycles. The first-order valence-electron chi connectivity index (χ1n) is 7.92. The molecule has 0 fully saturated rings. The zero-order valence-electron chi connectivity index (χ0n) is 13.9. The Bertz CT molecular complexity index is 907. The second-order valence-electron chi connectivity index (χ2n) is 5.52. The van der Waals surface area contributed by atoms with Gasteiger partial charge in [-0.1, -0.05) is 22.0 Å². The van der Waals surface area contributed by atoms with Gasteiger partial charge in [0.15, 0.2) is 18.1 Å². The number of hydrogen-bond donors (Lipinski definition) is 2. The number of carboxylic acids is 1. The smallest absolute Gasteiger partial charge is 0.341 e. The van der Waals surface area contributed by atoms with Gasteiger partial charge < -0.3 is 19.9 Å². The highest BCUT2D eigenvalue weighted by molar-refractivity contribution is 9.10. The number of amides is 1. The van der Waals surface area contributed by atoms with Crippen molar-refractivity contribution >= 4 is 45.1 Å². The Morgan fingerprint density at radius 2 is 2.00 bits per heavy atom. The van der Waals surface area contributed by atoms with Crippen molar-refractivity contribution in [3.63, 3.8) is 0 Å². The van der Waals surface area contributed by atoms with E-state index < -0.39 is 12.6 Å². The lowest BCUT2D eigenvalue weighted by molar-refractivity contribution is -0.139. The molecule has 0 atom stereocenters. The SMILES string of the molecule is CCOc1cc(/C=C2/C(=O)Nc3ccc(Br)cc32)ccc1OCC(=O)O. The molecule has 1 heterocycles. The molecule has 0 bridgehead atoms. The number of carbonyl (C=O) groups excluding carboxylic acids is 1. The number of aliphatic carboxylic acids is 1. The second kappa shape index (κ2) is 7.61. The lowest BCUT2D eigenvalue weighted by Gasteiger charge is -2.11. The van der Waals surface area contributed by atoms with Crippen LogP contribution in [0.15, 0.2) is 40.9 Å². The number of halogens is 1. The normalized spacial score (nSPS) is 14.1. The third kappa shape index (κ3) is 3.88. The molecule has 0 aliphatic carbocycles. The Morgan fingerprint density at radius 3 is 2.73 bits per heavy atom. The summed E-state index contributed by atoms with van der Waals surface area (Å²) in [6, 6.07) is 10.7. The summed E-state index contributed by atoms with van der Waals surface area (Å²) in [5.74, 6) is -0.475. The number of carbonyl (C=O) groups is 2. The van der Waals surface area contributed by atoms with Gasteiger partial charge in [-0.05, 0) is 48.9 Å². The Hall–Kier alpha value is -2.80. The average molecular weight is 418 g/mol. The molecular weight excluding hydrogens is 402 g/mol. The van der Waals surface area contributed by atoms with Crippen molar-refractivity contribution in [1.29, 1.82) is 0 Å². The first-order valence-corrected chi connectivity index (χ1v) is 8.71. The van der Waals surface area contributed by atoms with E-state index >= 15 is 0 Å². The molecule has 3 rings (SSSR count). The highest BCUT2D eigenvalue weighted by Gasteiger charge is 2.24. The van der Waals surface area contributed by atoms with Crippen LogP contribution in [0.3, 0.4) is 0 Å². The molecule has 6 nitrogen and oxygen atoms in total. The van der Waals surface area contributed by atoms with Crippen LogP contribution in [0.1, 0.15) is 18.1 Å². The summed E-state index contributed by atoms with van der Waals surface area (Å²) >= 11 is 3.42. The summed E-state index contributed by atoms with van der Waals surface area (Å²) in [6.07, 6.45) is 1.76. The number of rotatable bonds is 6. The van der Waals surface area contributed by atoms with Gasteiger partial charge in [-0.15, -0.1) is 0 Å². The minimum absolute atomic E-state index is 0.178. The van der Waals surface area contributed by atoms with Crippen LogP contribution in [0.4, 0.5) is 5.69 Å². The summed E-state index contributed by atoms with van der Waals surface area (Å²) in [7, 11) is 0. The van der Waals surface area contributed by atoms with Crippen LogP contribution in [0.25, 0.3) is 11.6 Å². The van der Waals surface area contributed by atoms with Crippen LogP contribution in [0, 0.1) is 0 Å². The molecule has 1 amide bonds. The standard InChI is InChI=1S/C19H16BrNO5/c1-2-25-17-8-11(3-6-16(17)26-10-18(22)23)7-14-13-9-12(20)4-5-15(13)21-19(14)24/h3-9H,2,10H2,1H3,(H,21,24)(H,22,23)/b14-7+. The van der Waals surface area contributed by atoms with Gasteiger partial charge in [0.05, 0.1) is 6.61 Å². The zero-order chi connectivity index (χ0) is 18.7. The maximum Gasteiger partial charge on any atom is 0.341 e. The molecule has 134 valence electrons. The van der Waals surface area contributed by atoms with Gasteiger partial charge in [-0.3, -0.25) is 4.79 Å². The van der Waals surface area contributed by atoms with Crippen LogP contribution in [-0.2, 0) is 9.59 Å². The Morgan fingerprint density at radius 1 is 1.19 bits per heavy atom. The van der Waals surface area contributed by atoms with Crippen LogP contribution >= 0.6 is 15.9 Å². The van der Waals surface area contributed by atoms with Crippen molar-refractivity contribution in [1.82, 2.24) is 0 Å². The van der Waals surface area contributed by atoms with E-state index in [1.54, 1.807) is 24.3 Å². The highest BCUT2D eigenvalue weighted by atomic mass is 79.9. The number of benzene rings is 2. The third-order valence-corrected chi connectivity index (χ3v) is 4.19. The number of nitrogens with one attached hydrogen (secondary N) is 1. The van der Waals surface area contributed by atoms with Crippen molar-refractivity contribution < 1.29 is 24.2 Å². The quantitative estimate of drug-likeness (QED) is 0.698. The molecule has 2 aromatic carbocycles.